The molecular weight excluding hydrogens is 368 g/mol. The number of carbonyl (C=O) groups is 2. The molecular formula is C19H26N2O5S. The Morgan fingerprint density at radius 2 is 1.67 bits per heavy atom. The highest BCUT2D eigenvalue weighted by Crippen LogP contribution is 2.25. The number of hydrogen-bond acceptors (Lipinski definition) is 4. The van der Waals surface area contributed by atoms with Gasteiger partial charge in [0.2, 0.25) is 15.9 Å². The number of carbonyl (C=O) groups excluding carboxylic acids is 1. The van der Waals surface area contributed by atoms with Crippen LogP contribution in [-0.4, -0.2) is 60.8 Å². The van der Waals surface area contributed by atoms with E-state index in [2.05, 4.69) is 0 Å². The van der Waals surface area contributed by atoms with Gasteiger partial charge < -0.3 is 10.0 Å². The quantitative estimate of drug-likeness (QED) is 0.818. The van der Waals surface area contributed by atoms with Gasteiger partial charge in [-0.25, -0.2) is 12.7 Å². The van der Waals surface area contributed by atoms with E-state index in [9.17, 15) is 23.1 Å². The summed E-state index contributed by atoms with van der Waals surface area (Å²) < 4.78 is 26.9. The van der Waals surface area contributed by atoms with Gasteiger partial charge in [-0.1, -0.05) is 30.3 Å². The lowest BCUT2D eigenvalue weighted by Crippen LogP contribution is -2.50. The monoisotopic (exact) mass is 394 g/mol. The Balaban J connectivity index is 1.65. The molecule has 2 aliphatic rings. The maximum atomic E-state index is 12.9. The number of benzene rings is 1. The number of sulfonamides is 1. The number of likely N-dealkylation sites (tertiary alicyclic amines) is 1. The van der Waals surface area contributed by atoms with Crippen LogP contribution in [0.25, 0.3) is 0 Å². The second kappa shape index (κ2) is 8.39. The summed E-state index contributed by atoms with van der Waals surface area (Å²) in [5.74, 6) is -1.97. The predicted octanol–water partition coefficient (Wildman–Crippen LogP) is 1.55. The van der Waals surface area contributed by atoms with E-state index < -0.39 is 27.8 Å². The summed E-state index contributed by atoms with van der Waals surface area (Å²) in [6, 6.07) is 9.02. The third-order valence-corrected chi connectivity index (χ3v) is 7.22. The molecule has 27 heavy (non-hydrogen) atoms. The van der Waals surface area contributed by atoms with Crippen LogP contribution in [0.5, 0.6) is 0 Å². The van der Waals surface area contributed by atoms with Crippen molar-refractivity contribution >= 4 is 21.9 Å². The maximum absolute atomic E-state index is 12.9. The Hall–Kier alpha value is -1.93. The van der Waals surface area contributed by atoms with E-state index in [0.717, 1.165) is 5.56 Å². The van der Waals surface area contributed by atoms with Crippen LogP contribution in [0, 0.1) is 11.8 Å². The van der Waals surface area contributed by atoms with Gasteiger partial charge in [-0.3, -0.25) is 9.59 Å². The summed E-state index contributed by atoms with van der Waals surface area (Å²) in [5, 5.41) is 9.21. The van der Waals surface area contributed by atoms with Gasteiger partial charge in [0.1, 0.15) is 0 Å². The molecule has 1 aromatic rings. The Morgan fingerprint density at radius 3 is 2.37 bits per heavy atom. The number of carboxylic acids is 1. The molecule has 1 aromatic carbocycles. The average molecular weight is 394 g/mol. The first-order valence-corrected chi connectivity index (χ1v) is 11.0. The average Bonchev–Trinajstić information content (AvgIpc) is 2.68. The van der Waals surface area contributed by atoms with E-state index in [1.807, 2.05) is 18.2 Å². The van der Waals surface area contributed by atoms with Crippen LogP contribution in [0.1, 0.15) is 31.2 Å². The fourth-order valence-electron chi connectivity index (χ4n) is 3.91. The van der Waals surface area contributed by atoms with Crippen molar-refractivity contribution in [1.82, 2.24) is 9.21 Å². The molecule has 0 aromatic heterocycles. The topological polar surface area (TPSA) is 95.0 Å². The van der Waals surface area contributed by atoms with Crippen molar-refractivity contribution in [3.05, 3.63) is 35.9 Å². The first-order chi connectivity index (χ1) is 12.9. The zero-order chi connectivity index (χ0) is 19.4. The smallest absolute Gasteiger partial charge is 0.308 e. The van der Waals surface area contributed by atoms with E-state index in [-0.39, 0.29) is 24.7 Å². The van der Waals surface area contributed by atoms with E-state index in [0.29, 0.717) is 38.8 Å². The highest BCUT2D eigenvalue weighted by atomic mass is 32.2. The molecule has 0 saturated carbocycles. The van der Waals surface area contributed by atoms with Crippen LogP contribution in [0.2, 0.25) is 0 Å². The van der Waals surface area contributed by atoms with Gasteiger partial charge in [-0.2, -0.15) is 0 Å². The SMILES string of the molecule is O=C(O)[C@H]1CCCN(C(=O)C2CCCN(S(=O)(=O)Cc3ccccc3)C2)C1. The maximum Gasteiger partial charge on any atom is 0.308 e. The lowest BCUT2D eigenvalue weighted by Gasteiger charge is -2.37. The summed E-state index contributed by atoms with van der Waals surface area (Å²) in [7, 11) is -3.49. The number of nitrogens with zero attached hydrogens (tertiary/aromatic N) is 2. The largest absolute Gasteiger partial charge is 0.481 e. The van der Waals surface area contributed by atoms with Crippen LogP contribution in [-0.2, 0) is 25.4 Å². The van der Waals surface area contributed by atoms with Crippen LogP contribution in [0.4, 0.5) is 0 Å². The van der Waals surface area contributed by atoms with E-state index >= 15 is 0 Å². The van der Waals surface area contributed by atoms with Crippen LogP contribution >= 0.6 is 0 Å². The Morgan fingerprint density at radius 1 is 1.00 bits per heavy atom. The van der Waals surface area contributed by atoms with Gasteiger partial charge in [-0.15, -0.1) is 0 Å². The summed E-state index contributed by atoms with van der Waals surface area (Å²) in [4.78, 5) is 25.7. The molecule has 3 rings (SSSR count). The van der Waals surface area contributed by atoms with Crippen molar-refractivity contribution in [2.45, 2.75) is 31.4 Å². The standard InChI is InChI=1S/C19H26N2O5S/c22-18(20-10-4-9-17(12-20)19(23)24)16-8-5-11-21(13-16)27(25,26)14-15-6-2-1-3-7-15/h1-3,6-7,16-17H,4-5,8-14H2,(H,23,24)/t16?,17-/m0/s1. The molecule has 0 bridgehead atoms. The number of carboxylic acid groups (broad SMARTS) is 1. The fourth-order valence-corrected chi connectivity index (χ4v) is 5.52. The molecule has 2 aliphatic heterocycles. The van der Waals surface area contributed by atoms with Gasteiger partial charge in [0.05, 0.1) is 17.6 Å². The summed E-state index contributed by atoms with van der Waals surface area (Å²) in [6.45, 7) is 1.39. The Labute approximate surface area is 160 Å². The first-order valence-electron chi connectivity index (χ1n) is 9.40. The van der Waals surface area contributed by atoms with Crippen molar-refractivity contribution in [1.29, 1.82) is 0 Å². The van der Waals surface area contributed by atoms with Crippen molar-refractivity contribution in [2.24, 2.45) is 11.8 Å². The Bertz CT molecular complexity index is 781. The third kappa shape index (κ3) is 4.87. The van der Waals surface area contributed by atoms with E-state index in [1.54, 1.807) is 17.0 Å². The molecule has 0 aliphatic carbocycles. The molecule has 7 nitrogen and oxygen atoms in total. The number of amides is 1. The van der Waals surface area contributed by atoms with Gasteiger partial charge in [0.15, 0.2) is 0 Å². The minimum atomic E-state index is -3.49. The van der Waals surface area contributed by atoms with Crippen LogP contribution in [0.3, 0.4) is 0 Å². The van der Waals surface area contributed by atoms with Gasteiger partial charge in [0, 0.05) is 26.2 Å². The molecule has 8 heteroatoms. The first kappa shape index (κ1) is 19.8. The minimum Gasteiger partial charge on any atom is -0.481 e. The molecule has 2 fully saturated rings. The van der Waals surface area contributed by atoms with Crippen molar-refractivity contribution < 1.29 is 23.1 Å². The van der Waals surface area contributed by atoms with E-state index in [4.69, 9.17) is 0 Å². The normalized spacial score (nSPS) is 24.5. The van der Waals surface area contributed by atoms with Crippen LogP contribution in [0.15, 0.2) is 30.3 Å². The second-order valence-corrected chi connectivity index (χ2v) is 9.37. The van der Waals surface area contributed by atoms with Crippen molar-refractivity contribution in [3.63, 3.8) is 0 Å². The highest BCUT2D eigenvalue weighted by Gasteiger charge is 2.36. The molecule has 148 valence electrons. The molecule has 1 unspecified atom stereocenters. The third-order valence-electron chi connectivity index (χ3n) is 5.40. The predicted molar refractivity (Wildman–Crippen MR) is 100 cm³/mol. The zero-order valence-corrected chi connectivity index (χ0v) is 16.1. The number of hydrogen-bond donors (Lipinski definition) is 1. The zero-order valence-electron chi connectivity index (χ0n) is 15.3. The second-order valence-electron chi connectivity index (χ2n) is 7.40. The number of piperidine rings is 2. The molecule has 1 N–H and O–H groups in total. The van der Waals surface area contributed by atoms with Gasteiger partial charge >= 0.3 is 5.97 Å². The molecule has 2 heterocycles. The van der Waals surface area contributed by atoms with Crippen molar-refractivity contribution in [2.75, 3.05) is 26.2 Å². The lowest BCUT2D eigenvalue weighted by molar-refractivity contribution is -0.147. The van der Waals surface area contributed by atoms with Crippen LogP contribution < -0.4 is 0 Å². The fraction of sp³-hybridized carbons (Fsp3) is 0.579. The van der Waals surface area contributed by atoms with E-state index in [1.165, 1.54) is 4.31 Å². The summed E-state index contributed by atoms with van der Waals surface area (Å²) in [6.07, 6.45) is 2.54. The highest BCUT2D eigenvalue weighted by molar-refractivity contribution is 7.88. The minimum absolute atomic E-state index is 0.0699. The Kier molecular flexibility index (Phi) is 6.16. The van der Waals surface area contributed by atoms with Gasteiger partial charge in [-0.05, 0) is 31.2 Å². The summed E-state index contributed by atoms with van der Waals surface area (Å²) in [5.41, 5.74) is 0.728. The summed E-state index contributed by atoms with van der Waals surface area (Å²) >= 11 is 0. The molecule has 1 amide bonds. The molecule has 0 spiro atoms. The lowest BCUT2D eigenvalue weighted by atomic mass is 9.94. The molecule has 2 saturated heterocycles. The molecule has 2 atom stereocenters. The molecule has 0 radical (unpaired) electrons. The van der Waals surface area contributed by atoms with Gasteiger partial charge in [0.25, 0.3) is 0 Å². The number of aliphatic carboxylic acids is 1. The number of rotatable bonds is 5. The van der Waals surface area contributed by atoms with Crippen molar-refractivity contribution in [3.8, 4) is 0 Å².